The van der Waals surface area contributed by atoms with Gasteiger partial charge >= 0.3 is 0 Å². The van der Waals surface area contributed by atoms with Gasteiger partial charge in [0, 0.05) is 32.0 Å². The summed E-state index contributed by atoms with van der Waals surface area (Å²) in [4.78, 5) is 25.3. The standard InChI is InChI=1S/C17H26N2O4/c20-16-11-14(23-18-16)6-7-17(21)19-8-9-22-15(12-19)10-13-4-2-1-3-5-13/h11,13,15H,1-10,12H2,(H,18,20). The van der Waals surface area contributed by atoms with Crippen LogP contribution in [0.4, 0.5) is 0 Å². The van der Waals surface area contributed by atoms with Crippen LogP contribution in [0.25, 0.3) is 0 Å². The van der Waals surface area contributed by atoms with E-state index in [2.05, 4.69) is 5.16 Å². The van der Waals surface area contributed by atoms with Crippen LogP contribution in [0.1, 0.15) is 50.7 Å². The number of ether oxygens (including phenoxy) is 1. The Bertz CT molecular complexity index is 559. The Kier molecular flexibility index (Phi) is 5.54. The van der Waals surface area contributed by atoms with Gasteiger partial charge in [0.25, 0.3) is 5.56 Å². The fourth-order valence-electron chi connectivity index (χ4n) is 3.72. The molecule has 1 atom stereocenters. The quantitative estimate of drug-likeness (QED) is 0.901. The molecule has 23 heavy (non-hydrogen) atoms. The Balaban J connectivity index is 1.45. The molecule has 6 nitrogen and oxygen atoms in total. The maximum absolute atomic E-state index is 12.4. The molecule has 128 valence electrons. The molecule has 1 saturated heterocycles. The first-order chi connectivity index (χ1) is 11.2. The molecule has 0 aromatic carbocycles. The van der Waals surface area contributed by atoms with Crippen LogP contribution in [0.2, 0.25) is 0 Å². The summed E-state index contributed by atoms with van der Waals surface area (Å²) in [5.74, 6) is 1.42. The van der Waals surface area contributed by atoms with Crippen LogP contribution in [0.5, 0.6) is 0 Å². The predicted molar refractivity (Wildman–Crippen MR) is 85.2 cm³/mol. The zero-order valence-electron chi connectivity index (χ0n) is 13.6. The van der Waals surface area contributed by atoms with E-state index < -0.39 is 0 Å². The molecule has 2 fully saturated rings. The summed E-state index contributed by atoms with van der Waals surface area (Å²) in [7, 11) is 0. The van der Waals surface area contributed by atoms with Crippen molar-refractivity contribution in [3.63, 3.8) is 0 Å². The second-order valence-electron chi connectivity index (χ2n) is 6.75. The van der Waals surface area contributed by atoms with Gasteiger partial charge < -0.3 is 14.2 Å². The molecular formula is C17H26N2O4. The molecule has 1 aliphatic heterocycles. The third kappa shape index (κ3) is 4.70. The molecule has 2 aliphatic rings. The number of carbonyl (C=O) groups excluding carboxylic acids is 1. The highest BCUT2D eigenvalue weighted by molar-refractivity contribution is 5.76. The fourth-order valence-corrected chi connectivity index (χ4v) is 3.72. The minimum Gasteiger partial charge on any atom is -0.384 e. The number of aromatic nitrogens is 1. The first-order valence-corrected chi connectivity index (χ1v) is 8.77. The average molecular weight is 322 g/mol. The molecule has 0 spiro atoms. The van der Waals surface area contributed by atoms with Gasteiger partial charge in [-0.25, -0.2) is 0 Å². The molecule has 1 N–H and O–H groups in total. The largest absolute Gasteiger partial charge is 0.384 e. The highest BCUT2D eigenvalue weighted by Crippen LogP contribution is 2.29. The highest BCUT2D eigenvalue weighted by Gasteiger charge is 2.27. The van der Waals surface area contributed by atoms with Crippen LogP contribution in [-0.4, -0.2) is 41.8 Å². The lowest BCUT2D eigenvalue weighted by atomic mass is 9.85. The fraction of sp³-hybridized carbons (Fsp3) is 0.765. The van der Waals surface area contributed by atoms with E-state index in [9.17, 15) is 9.59 Å². The van der Waals surface area contributed by atoms with Gasteiger partial charge in [-0.05, 0) is 12.3 Å². The van der Waals surface area contributed by atoms with Gasteiger partial charge in [0.15, 0.2) is 0 Å². The van der Waals surface area contributed by atoms with Crippen molar-refractivity contribution in [3.8, 4) is 0 Å². The first kappa shape index (κ1) is 16.3. The lowest BCUT2D eigenvalue weighted by molar-refractivity contribution is -0.139. The lowest BCUT2D eigenvalue weighted by Crippen LogP contribution is -2.46. The smallest absolute Gasteiger partial charge is 0.280 e. The summed E-state index contributed by atoms with van der Waals surface area (Å²) in [6.07, 6.45) is 8.74. The number of amides is 1. The molecule has 1 unspecified atom stereocenters. The van der Waals surface area contributed by atoms with Gasteiger partial charge in [0.05, 0.1) is 12.7 Å². The topological polar surface area (TPSA) is 75.5 Å². The molecule has 1 aromatic rings. The monoisotopic (exact) mass is 322 g/mol. The number of aryl methyl sites for hydroxylation is 1. The van der Waals surface area contributed by atoms with Crippen molar-refractivity contribution in [1.29, 1.82) is 0 Å². The van der Waals surface area contributed by atoms with Crippen molar-refractivity contribution in [3.05, 3.63) is 22.2 Å². The van der Waals surface area contributed by atoms with E-state index in [1.807, 2.05) is 4.90 Å². The van der Waals surface area contributed by atoms with Crippen molar-refractivity contribution in [1.82, 2.24) is 10.1 Å². The zero-order chi connectivity index (χ0) is 16.1. The molecule has 0 radical (unpaired) electrons. The normalized spacial score (nSPS) is 23.1. The number of nitrogens with one attached hydrogen (secondary N) is 1. The average Bonchev–Trinajstić information content (AvgIpc) is 2.99. The predicted octanol–water partition coefficient (Wildman–Crippen LogP) is 2.10. The van der Waals surface area contributed by atoms with E-state index >= 15 is 0 Å². The molecule has 1 saturated carbocycles. The summed E-state index contributed by atoms with van der Waals surface area (Å²) in [6.45, 7) is 1.99. The highest BCUT2D eigenvalue weighted by atomic mass is 16.5. The molecule has 6 heteroatoms. The van der Waals surface area contributed by atoms with Gasteiger partial charge in [-0.3, -0.25) is 9.59 Å². The maximum atomic E-state index is 12.4. The maximum Gasteiger partial charge on any atom is 0.280 e. The van der Waals surface area contributed by atoms with Crippen molar-refractivity contribution in [2.24, 2.45) is 5.92 Å². The Hall–Kier alpha value is -1.56. The van der Waals surface area contributed by atoms with Gasteiger partial charge in [-0.15, -0.1) is 0 Å². The number of hydrogen-bond acceptors (Lipinski definition) is 4. The summed E-state index contributed by atoms with van der Waals surface area (Å²) in [5, 5.41) is 2.25. The number of rotatable bonds is 5. The second-order valence-corrected chi connectivity index (χ2v) is 6.75. The Labute approximate surface area is 136 Å². The van der Waals surface area contributed by atoms with E-state index in [4.69, 9.17) is 9.26 Å². The number of carbonyl (C=O) groups is 1. The van der Waals surface area contributed by atoms with Gasteiger partial charge in [-0.2, -0.15) is 5.16 Å². The number of aromatic amines is 1. The number of hydrogen-bond donors (Lipinski definition) is 1. The van der Waals surface area contributed by atoms with E-state index in [1.165, 1.54) is 38.2 Å². The molecule has 2 heterocycles. The minimum absolute atomic E-state index is 0.116. The van der Waals surface area contributed by atoms with E-state index in [1.54, 1.807) is 0 Å². The van der Waals surface area contributed by atoms with E-state index in [0.717, 1.165) is 12.3 Å². The van der Waals surface area contributed by atoms with Crippen LogP contribution in [0.15, 0.2) is 15.4 Å². The van der Waals surface area contributed by atoms with E-state index in [-0.39, 0.29) is 17.6 Å². The number of morpholine rings is 1. The van der Waals surface area contributed by atoms with Crippen molar-refractivity contribution < 1.29 is 14.1 Å². The van der Waals surface area contributed by atoms with Crippen LogP contribution >= 0.6 is 0 Å². The van der Waals surface area contributed by atoms with E-state index in [0.29, 0.717) is 38.3 Å². The Morgan fingerprint density at radius 2 is 2.13 bits per heavy atom. The molecule has 1 aromatic heterocycles. The Morgan fingerprint density at radius 1 is 1.30 bits per heavy atom. The second kappa shape index (κ2) is 7.81. The molecular weight excluding hydrogens is 296 g/mol. The van der Waals surface area contributed by atoms with Crippen LogP contribution in [0.3, 0.4) is 0 Å². The first-order valence-electron chi connectivity index (χ1n) is 8.77. The summed E-state index contributed by atoms with van der Waals surface area (Å²) >= 11 is 0. The van der Waals surface area contributed by atoms with Crippen molar-refractivity contribution >= 4 is 5.91 Å². The van der Waals surface area contributed by atoms with Gasteiger partial charge in [0.2, 0.25) is 5.91 Å². The van der Waals surface area contributed by atoms with Gasteiger partial charge in [-0.1, -0.05) is 32.1 Å². The summed E-state index contributed by atoms with van der Waals surface area (Å²) in [5.41, 5.74) is -0.258. The van der Waals surface area contributed by atoms with Crippen LogP contribution in [-0.2, 0) is 16.0 Å². The lowest BCUT2D eigenvalue weighted by Gasteiger charge is -2.35. The Morgan fingerprint density at radius 3 is 2.87 bits per heavy atom. The SMILES string of the molecule is O=C(CCc1cc(=O)[nH]o1)N1CCOC(CC2CCCCC2)C1. The molecule has 3 rings (SSSR count). The van der Waals surface area contributed by atoms with Crippen molar-refractivity contribution in [2.75, 3.05) is 19.7 Å². The van der Waals surface area contributed by atoms with Crippen LogP contribution in [0, 0.1) is 5.92 Å². The van der Waals surface area contributed by atoms with Crippen molar-refractivity contribution in [2.45, 2.75) is 57.5 Å². The molecule has 1 amide bonds. The zero-order valence-corrected chi connectivity index (χ0v) is 13.6. The molecule has 0 bridgehead atoms. The third-order valence-corrected chi connectivity index (χ3v) is 4.97. The summed E-state index contributed by atoms with van der Waals surface area (Å²) < 4.78 is 10.9. The summed E-state index contributed by atoms with van der Waals surface area (Å²) in [6, 6.07) is 1.40. The number of H-pyrrole nitrogens is 1. The number of nitrogens with zero attached hydrogens (tertiary/aromatic N) is 1. The third-order valence-electron chi connectivity index (χ3n) is 4.97. The molecule has 1 aliphatic carbocycles. The van der Waals surface area contributed by atoms with Crippen LogP contribution < -0.4 is 5.56 Å². The van der Waals surface area contributed by atoms with Gasteiger partial charge in [0.1, 0.15) is 5.76 Å². The minimum atomic E-state index is -0.258.